The normalized spacial score (nSPS) is 14.3. The van der Waals surface area contributed by atoms with Gasteiger partial charge in [0.05, 0.1) is 11.3 Å². The molecule has 2 heterocycles. The Morgan fingerprint density at radius 2 is 1.62 bits per heavy atom. The van der Waals surface area contributed by atoms with E-state index in [1.54, 1.807) is 0 Å². The van der Waals surface area contributed by atoms with Crippen molar-refractivity contribution in [1.82, 2.24) is 0 Å². The summed E-state index contributed by atoms with van der Waals surface area (Å²) in [5.41, 5.74) is 2.79. The van der Waals surface area contributed by atoms with Crippen LogP contribution in [0.1, 0.15) is 30.2 Å². The average molecular weight is 406 g/mol. The first-order valence-corrected chi connectivity index (χ1v) is 10.1. The maximum atomic E-state index is 13.3. The van der Waals surface area contributed by atoms with E-state index in [0.717, 1.165) is 10.6 Å². The summed E-state index contributed by atoms with van der Waals surface area (Å²) in [6.07, 6.45) is 0. The lowest BCUT2D eigenvalue weighted by molar-refractivity contribution is -0.120. The first-order valence-electron chi connectivity index (χ1n) is 9.25. The van der Waals surface area contributed by atoms with Gasteiger partial charge >= 0.3 is 0 Å². The van der Waals surface area contributed by atoms with E-state index in [-0.39, 0.29) is 5.70 Å². The van der Waals surface area contributed by atoms with Gasteiger partial charge in [0.1, 0.15) is 11.5 Å². The van der Waals surface area contributed by atoms with Crippen LogP contribution in [0, 0.1) is 5.82 Å². The zero-order chi connectivity index (χ0) is 20.5. The molecule has 146 valence electrons. The molecule has 0 saturated carbocycles. The van der Waals surface area contributed by atoms with Gasteiger partial charge in [0.25, 0.3) is 11.8 Å². The Labute approximate surface area is 172 Å². The number of hydrogen-bond donors (Lipinski definition) is 1. The van der Waals surface area contributed by atoms with E-state index in [9.17, 15) is 14.0 Å². The third kappa shape index (κ3) is 3.59. The molecular weight excluding hydrogens is 387 g/mol. The van der Waals surface area contributed by atoms with Crippen molar-refractivity contribution in [1.29, 1.82) is 0 Å². The smallest absolute Gasteiger partial charge is 0.282 e. The summed E-state index contributed by atoms with van der Waals surface area (Å²) in [6.45, 7) is 4.22. The fourth-order valence-corrected chi connectivity index (χ4v) is 3.98. The van der Waals surface area contributed by atoms with Crippen LogP contribution in [0.3, 0.4) is 0 Å². The van der Waals surface area contributed by atoms with Gasteiger partial charge in [-0.1, -0.05) is 32.0 Å². The molecule has 3 aromatic rings. The van der Waals surface area contributed by atoms with Crippen LogP contribution in [0.4, 0.5) is 15.8 Å². The lowest BCUT2D eigenvalue weighted by Gasteiger charge is -2.15. The Balaban J connectivity index is 1.74. The Hall–Kier alpha value is -3.25. The number of benzene rings is 2. The van der Waals surface area contributed by atoms with E-state index in [0.29, 0.717) is 22.1 Å². The largest absolute Gasteiger partial charge is 0.350 e. The van der Waals surface area contributed by atoms with Gasteiger partial charge < -0.3 is 5.32 Å². The zero-order valence-electron chi connectivity index (χ0n) is 16.0. The monoisotopic (exact) mass is 406 g/mol. The molecule has 1 aliphatic heterocycles. The van der Waals surface area contributed by atoms with Crippen molar-refractivity contribution in [2.24, 2.45) is 0 Å². The Morgan fingerprint density at radius 3 is 2.21 bits per heavy atom. The van der Waals surface area contributed by atoms with Gasteiger partial charge in [0, 0.05) is 10.6 Å². The number of hydrogen-bond acceptors (Lipinski definition) is 4. The molecule has 0 aliphatic carbocycles. The molecule has 0 bridgehead atoms. The minimum Gasteiger partial charge on any atom is -0.350 e. The average Bonchev–Trinajstić information content (AvgIpc) is 3.30. The number of imide groups is 1. The van der Waals surface area contributed by atoms with Gasteiger partial charge in [-0.3, -0.25) is 9.59 Å². The van der Waals surface area contributed by atoms with Crippen molar-refractivity contribution in [2.75, 3.05) is 10.2 Å². The molecule has 1 aliphatic rings. The molecule has 0 spiro atoms. The third-order valence-electron chi connectivity index (χ3n) is 4.78. The molecule has 29 heavy (non-hydrogen) atoms. The lowest BCUT2D eigenvalue weighted by atomic mass is 10.0. The van der Waals surface area contributed by atoms with Gasteiger partial charge in [-0.2, -0.15) is 0 Å². The molecule has 0 atom stereocenters. The van der Waals surface area contributed by atoms with Crippen LogP contribution in [0.15, 0.2) is 71.7 Å². The Morgan fingerprint density at radius 1 is 0.931 bits per heavy atom. The van der Waals surface area contributed by atoms with Crippen LogP contribution in [0.2, 0.25) is 0 Å². The minimum atomic E-state index is -0.460. The van der Waals surface area contributed by atoms with Gasteiger partial charge in [0.2, 0.25) is 0 Å². The van der Waals surface area contributed by atoms with Gasteiger partial charge in [0.15, 0.2) is 0 Å². The number of carbonyl (C=O) groups excluding carboxylic acids is 2. The maximum Gasteiger partial charge on any atom is 0.282 e. The van der Waals surface area contributed by atoms with Crippen LogP contribution in [-0.2, 0) is 9.59 Å². The summed E-state index contributed by atoms with van der Waals surface area (Å²) < 4.78 is 13.3. The highest BCUT2D eigenvalue weighted by Crippen LogP contribution is 2.35. The predicted octanol–water partition coefficient (Wildman–Crippen LogP) is 5.41. The van der Waals surface area contributed by atoms with E-state index >= 15 is 0 Å². The second-order valence-electron chi connectivity index (χ2n) is 7.05. The number of rotatable bonds is 5. The molecular formula is C23H19FN2O2S. The molecule has 0 radical (unpaired) electrons. The molecule has 2 amide bonds. The van der Waals surface area contributed by atoms with E-state index in [2.05, 4.69) is 19.2 Å². The highest BCUT2D eigenvalue weighted by atomic mass is 32.1. The molecule has 4 rings (SSSR count). The number of anilines is 2. The van der Waals surface area contributed by atoms with Gasteiger partial charge in [-0.05, 0) is 59.3 Å². The number of nitrogens with one attached hydrogen (secondary N) is 1. The number of nitrogens with zero attached hydrogens (tertiary/aromatic N) is 1. The summed E-state index contributed by atoms with van der Waals surface area (Å²) in [5, 5.41) is 4.99. The summed E-state index contributed by atoms with van der Waals surface area (Å²) in [5.74, 6) is -0.917. The quantitative estimate of drug-likeness (QED) is 0.577. The summed E-state index contributed by atoms with van der Waals surface area (Å²) in [6, 6.07) is 16.7. The maximum absolute atomic E-state index is 13.3. The molecule has 0 fully saturated rings. The Kier molecular flexibility index (Phi) is 5.03. The van der Waals surface area contributed by atoms with Crippen molar-refractivity contribution < 1.29 is 14.0 Å². The standard InChI is InChI=1S/C23H19FN2O2S/c1-14(2)15-5-9-17(10-6-15)25-21-20(19-4-3-13-29-19)22(27)26(23(21)28)18-11-7-16(24)8-12-18/h3-14,25H,1-2H3. The lowest BCUT2D eigenvalue weighted by Crippen LogP contribution is -2.32. The summed E-state index contributed by atoms with van der Waals surface area (Å²) in [4.78, 5) is 28.1. The van der Waals surface area contributed by atoms with Crippen molar-refractivity contribution in [3.63, 3.8) is 0 Å². The van der Waals surface area contributed by atoms with Crippen molar-refractivity contribution in [3.05, 3.63) is 88.0 Å². The molecule has 2 aromatic carbocycles. The predicted molar refractivity (Wildman–Crippen MR) is 114 cm³/mol. The fraction of sp³-hybridized carbons (Fsp3) is 0.130. The van der Waals surface area contributed by atoms with Crippen LogP contribution >= 0.6 is 11.3 Å². The molecule has 0 unspecified atom stereocenters. The van der Waals surface area contributed by atoms with Crippen LogP contribution in [-0.4, -0.2) is 11.8 Å². The van der Waals surface area contributed by atoms with E-state index in [1.165, 1.54) is 41.2 Å². The highest BCUT2D eigenvalue weighted by molar-refractivity contribution is 7.11. The van der Waals surface area contributed by atoms with Crippen molar-refractivity contribution >= 4 is 40.1 Å². The molecule has 0 saturated heterocycles. The van der Waals surface area contributed by atoms with Gasteiger partial charge in [-0.25, -0.2) is 9.29 Å². The van der Waals surface area contributed by atoms with E-state index < -0.39 is 17.6 Å². The number of carbonyl (C=O) groups is 2. The first kappa shape index (κ1) is 19.1. The number of amides is 2. The van der Waals surface area contributed by atoms with Crippen LogP contribution in [0.5, 0.6) is 0 Å². The zero-order valence-corrected chi connectivity index (χ0v) is 16.8. The van der Waals surface area contributed by atoms with Crippen molar-refractivity contribution in [2.45, 2.75) is 19.8 Å². The van der Waals surface area contributed by atoms with Crippen molar-refractivity contribution in [3.8, 4) is 0 Å². The third-order valence-corrected chi connectivity index (χ3v) is 5.67. The minimum absolute atomic E-state index is 0.221. The first-order chi connectivity index (χ1) is 14.0. The van der Waals surface area contributed by atoms with Gasteiger partial charge in [-0.15, -0.1) is 11.3 Å². The molecule has 4 nitrogen and oxygen atoms in total. The topological polar surface area (TPSA) is 49.4 Å². The van der Waals surface area contributed by atoms with Crippen LogP contribution in [0.25, 0.3) is 5.57 Å². The van der Waals surface area contributed by atoms with E-state index in [1.807, 2.05) is 41.8 Å². The molecule has 1 N–H and O–H groups in total. The summed E-state index contributed by atoms with van der Waals surface area (Å²) >= 11 is 1.39. The number of halogens is 1. The molecule has 1 aromatic heterocycles. The number of thiophene rings is 1. The highest BCUT2D eigenvalue weighted by Gasteiger charge is 2.40. The Bertz CT molecular complexity index is 1080. The fourth-order valence-electron chi connectivity index (χ4n) is 3.22. The second-order valence-corrected chi connectivity index (χ2v) is 8.00. The SMILES string of the molecule is CC(C)c1ccc(NC2=C(c3cccs3)C(=O)N(c3ccc(F)cc3)C2=O)cc1. The molecule has 6 heteroatoms. The summed E-state index contributed by atoms with van der Waals surface area (Å²) in [7, 11) is 0. The van der Waals surface area contributed by atoms with Crippen LogP contribution < -0.4 is 10.2 Å². The second kappa shape index (κ2) is 7.64. The van der Waals surface area contributed by atoms with E-state index in [4.69, 9.17) is 0 Å².